The van der Waals surface area contributed by atoms with Crippen LogP contribution >= 0.6 is 0 Å². The molecule has 0 bridgehead atoms. The molecule has 0 unspecified atom stereocenters. The van der Waals surface area contributed by atoms with E-state index >= 15 is 0 Å². The Morgan fingerprint density at radius 3 is 2.45 bits per heavy atom. The number of hydrogen-bond acceptors (Lipinski definition) is 5. The zero-order valence-electron chi connectivity index (χ0n) is 13.2. The zero-order valence-corrected chi connectivity index (χ0v) is 13.2. The van der Waals surface area contributed by atoms with Crippen LogP contribution in [-0.4, -0.2) is 43.1 Å². The van der Waals surface area contributed by atoms with Crippen LogP contribution in [0, 0.1) is 12.3 Å². The van der Waals surface area contributed by atoms with Crippen molar-refractivity contribution in [2.24, 2.45) is 5.41 Å². The van der Waals surface area contributed by atoms with Crippen LogP contribution in [0.1, 0.15) is 26.6 Å². The van der Waals surface area contributed by atoms with E-state index in [9.17, 15) is 4.79 Å². The normalized spacial score (nSPS) is 11.1. The van der Waals surface area contributed by atoms with Gasteiger partial charge in [0.2, 0.25) is 5.91 Å². The topological polar surface area (TPSA) is 70.2 Å². The molecule has 1 amide bonds. The van der Waals surface area contributed by atoms with Gasteiger partial charge in [-0.2, -0.15) is 0 Å². The van der Waals surface area contributed by atoms with Crippen LogP contribution in [0.5, 0.6) is 0 Å². The van der Waals surface area contributed by atoms with Crippen LogP contribution in [0.3, 0.4) is 0 Å². The summed E-state index contributed by atoms with van der Waals surface area (Å²) in [6.07, 6.45) is 0. The Bertz CT molecular complexity index is 465. The number of aromatic nitrogens is 2. The Balaban J connectivity index is 2.49. The van der Waals surface area contributed by atoms with Crippen LogP contribution in [0.4, 0.5) is 11.6 Å². The summed E-state index contributed by atoms with van der Waals surface area (Å²) in [5.74, 6) is 2.40. The van der Waals surface area contributed by atoms with Gasteiger partial charge in [0.15, 0.2) is 0 Å². The molecule has 6 heteroatoms. The summed E-state index contributed by atoms with van der Waals surface area (Å²) in [4.78, 5) is 22.3. The molecule has 1 aromatic rings. The minimum absolute atomic E-state index is 0.0483. The lowest BCUT2D eigenvalue weighted by molar-refractivity contribution is -0.128. The summed E-state index contributed by atoms with van der Waals surface area (Å²) in [6, 6.07) is 1.89. The SMILES string of the molecule is Cc1nc(NCCNC(=O)C(C)(C)C)cc(N(C)C)n1. The van der Waals surface area contributed by atoms with E-state index in [1.54, 1.807) is 0 Å². The van der Waals surface area contributed by atoms with Crippen molar-refractivity contribution >= 4 is 17.5 Å². The highest BCUT2D eigenvalue weighted by molar-refractivity contribution is 5.81. The first-order valence-electron chi connectivity index (χ1n) is 6.75. The van der Waals surface area contributed by atoms with Crippen molar-refractivity contribution in [2.45, 2.75) is 27.7 Å². The van der Waals surface area contributed by atoms with E-state index in [2.05, 4.69) is 20.6 Å². The summed E-state index contributed by atoms with van der Waals surface area (Å²) < 4.78 is 0. The number of hydrogen-bond donors (Lipinski definition) is 2. The molecule has 0 aliphatic heterocycles. The zero-order chi connectivity index (χ0) is 15.3. The van der Waals surface area contributed by atoms with Crippen molar-refractivity contribution in [3.05, 3.63) is 11.9 Å². The Hall–Kier alpha value is -1.85. The van der Waals surface area contributed by atoms with E-state index in [1.807, 2.05) is 52.8 Å². The Labute approximate surface area is 121 Å². The Morgan fingerprint density at radius 1 is 1.25 bits per heavy atom. The lowest BCUT2D eigenvalue weighted by Gasteiger charge is -2.18. The molecule has 1 rings (SSSR count). The molecule has 6 nitrogen and oxygen atoms in total. The summed E-state index contributed by atoms with van der Waals surface area (Å²) in [6.45, 7) is 8.74. The molecular weight excluding hydrogens is 254 g/mol. The first kappa shape index (κ1) is 16.2. The van der Waals surface area contributed by atoms with Gasteiger partial charge in [-0.15, -0.1) is 0 Å². The molecule has 0 radical (unpaired) electrons. The fourth-order valence-electron chi connectivity index (χ4n) is 1.50. The van der Waals surface area contributed by atoms with Gasteiger partial charge in [-0.1, -0.05) is 20.8 Å². The number of aryl methyl sites for hydroxylation is 1. The van der Waals surface area contributed by atoms with E-state index in [1.165, 1.54) is 0 Å². The number of nitrogens with one attached hydrogen (secondary N) is 2. The first-order valence-corrected chi connectivity index (χ1v) is 6.75. The third kappa shape index (κ3) is 5.03. The highest BCUT2D eigenvalue weighted by Gasteiger charge is 2.20. The molecule has 0 saturated carbocycles. The number of anilines is 2. The molecule has 0 spiro atoms. The molecule has 0 atom stereocenters. The number of amides is 1. The minimum Gasteiger partial charge on any atom is -0.368 e. The van der Waals surface area contributed by atoms with Crippen LogP contribution in [-0.2, 0) is 4.79 Å². The lowest BCUT2D eigenvalue weighted by atomic mass is 9.96. The maximum Gasteiger partial charge on any atom is 0.225 e. The fourth-order valence-corrected chi connectivity index (χ4v) is 1.50. The van der Waals surface area contributed by atoms with Crippen LogP contribution < -0.4 is 15.5 Å². The van der Waals surface area contributed by atoms with Crippen molar-refractivity contribution in [1.82, 2.24) is 15.3 Å². The molecule has 0 aromatic carbocycles. The number of carbonyl (C=O) groups is 1. The quantitative estimate of drug-likeness (QED) is 0.798. The van der Waals surface area contributed by atoms with Crippen molar-refractivity contribution in [3.63, 3.8) is 0 Å². The molecule has 1 heterocycles. The lowest BCUT2D eigenvalue weighted by Crippen LogP contribution is -2.37. The summed E-state index contributed by atoms with van der Waals surface area (Å²) in [7, 11) is 3.88. The standard InChI is InChI=1S/C14H25N5O/c1-10-17-11(9-12(18-10)19(5)6)15-7-8-16-13(20)14(2,3)4/h9H,7-8H2,1-6H3,(H,16,20)(H,15,17,18). The molecule has 112 valence electrons. The molecule has 0 aliphatic rings. The molecule has 2 N–H and O–H groups in total. The first-order chi connectivity index (χ1) is 9.20. The van der Waals surface area contributed by atoms with Crippen LogP contribution in [0.25, 0.3) is 0 Å². The van der Waals surface area contributed by atoms with Crippen molar-refractivity contribution in [3.8, 4) is 0 Å². The van der Waals surface area contributed by atoms with Gasteiger partial charge in [0.1, 0.15) is 17.5 Å². The average Bonchev–Trinajstić information content (AvgIpc) is 2.32. The average molecular weight is 279 g/mol. The molecule has 1 aromatic heterocycles. The van der Waals surface area contributed by atoms with Crippen LogP contribution in [0.2, 0.25) is 0 Å². The number of nitrogens with zero attached hydrogens (tertiary/aromatic N) is 3. The maximum absolute atomic E-state index is 11.7. The maximum atomic E-state index is 11.7. The van der Waals surface area contributed by atoms with Gasteiger partial charge in [0.25, 0.3) is 0 Å². The fraction of sp³-hybridized carbons (Fsp3) is 0.643. The van der Waals surface area contributed by atoms with Gasteiger partial charge in [-0.3, -0.25) is 4.79 Å². The highest BCUT2D eigenvalue weighted by atomic mass is 16.2. The van der Waals surface area contributed by atoms with Gasteiger partial charge < -0.3 is 15.5 Å². The molecule has 0 fully saturated rings. The van der Waals surface area contributed by atoms with Crippen molar-refractivity contribution in [2.75, 3.05) is 37.4 Å². The molecule has 0 aliphatic carbocycles. The molecular formula is C14H25N5O. The second-order valence-electron chi connectivity index (χ2n) is 5.99. The Morgan fingerprint density at radius 2 is 1.90 bits per heavy atom. The van der Waals surface area contributed by atoms with E-state index in [4.69, 9.17) is 0 Å². The van der Waals surface area contributed by atoms with Gasteiger partial charge >= 0.3 is 0 Å². The summed E-state index contributed by atoms with van der Waals surface area (Å²) >= 11 is 0. The third-order valence-electron chi connectivity index (χ3n) is 2.68. The van der Waals surface area contributed by atoms with Gasteiger partial charge in [0.05, 0.1) is 0 Å². The van der Waals surface area contributed by atoms with E-state index in [0.29, 0.717) is 13.1 Å². The second-order valence-corrected chi connectivity index (χ2v) is 5.99. The van der Waals surface area contributed by atoms with E-state index < -0.39 is 0 Å². The summed E-state index contributed by atoms with van der Waals surface area (Å²) in [5, 5.41) is 6.08. The van der Waals surface area contributed by atoms with E-state index in [-0.39, 0.29) is 11.3 Å². The monoisotopic (exact) mass is 279 g/mol. The van der Waals surface area contributed by atoms with Gasteiger partial charge in [-0.05, 0) is 6.92 Å². The van der Waals surface area contributed by atoms with Gasteiger partial charge in [-0.25, -0.2) is 9.97 Å². The third-order valence-corrected chi connectivity index (χ3v) is 2.68. The smallest absolute Gasteiger partial charge is 0.225 e. The van der Waals surface area contributed by atoms with Crippen LogP contribution in [0.15, 0.2) is 6.07 Å². The molecule has 0 saturated heterocycles. The number of rotatable bonds is 5. The van der Waals surface area contributed by atoms with E-state index in [0.717, 1.165) is 17.5 Å². The second kappa shape index (κ2) is 6.54. The van der Waals surface area contributed by atoms with Gasteiger partial charge in [0, 0.05) is 38.7 Å². The number of carbonyl (C=O) groups excluding carboxylic acids is 1. The largest absolute Gasteiger partial charge is 0.368 e. The predicted molar refractivity (Wildman–Crippen MR) is 82.1 cm³/mol. The predicted octanol–water partition coefficient (Wildman–Crippen LogP) is 1.43. The van der Waals surface area contributed by atoms with Crippen molar-refractivity contribution < 1.29 is 4.79 Å². The molecule has 20 heavy (non-hydrogen) atoms. The Kier molecular flexibility index (Phi) is 5.30. The summed E-state index contributed by atoms with van der Waals surface area (Å²) in [5.41, 5.74) is -0.358. The highest BCUT2D eigenvalue weighted by Crippen LogP contribution is 2.13. The van der Waals surface area contributed by atoms with Crippen molar-refractivity contribution in [1.29, 1.82) is 0 Å². The minimum atomic E-state index is -0.358.